The first-order valence-electron chi connectivity index (χ1n) is 8.92. The Balaban J connectivity index is 0.000000880. The normalized spacial score (nSPS) is 14.6. The fourth-order valence-corrected chi connectivity index (χ4v) is 3.20. The first-order valence-corrected chi connectivity index (χ1v) is 8.92. The Labute approximate surface area is 148 Å². The Morgan fingerprint density at radius 3 is 2.48 bits per heavy atom. The number of amides is 1. The molecule has 0 saturated heterocycles. The minimum absolute atomic E-state index is 0.0421. The largest absolute Gasteiger partial charge is 0.357 e. The number of aromatic amines is 1. The highest BCUT2D eigenvalue weighted by Gasteiger charge is 2.51. The van der Waals surface area contributed by atoms with Crippen LogP contribution in [0.1, 0.15) is 43.5 Å². The van der Waals surface area contributed by atoms with Gasteiger partial charge in [0.15, 0.2) is 0 Å². The van der Waals surface area contributed by atoms with Crippen molar-refractivity contribution in [3.63, 3.8) is 0 Å². The zero-order valence-corrected chi connectivity index (χ0v) is 15.3. The lowest BCUT2D eigenvalue weighted by Gasteiger charge is -2.15. The molecule has 2 heterocycles. The lowest BCUT2D eigenvalue weighted by molar-refractivity contribution is -0.118. The molecule has 0 unspecified atom stereocenters. The fourth-order valence-electron chi connectivity index (χ4n) is 3.20. The van der Waals surface area contributed by atoms with Crippen LogP contribution in [0.2, 0.25) is 0 Å². The summed E-state index contributed by atoms with van der Waals surface area (Å²) in [6.07, 6.45) is 3.58. The van der Waals surface area contributed by atoms with Gasteiger partial charge in [-0.05, 0) is 43.9 Å². The minimum Gasteiger partial charge on any atom is -0.357 e. The highest BCUT2D eigenvalue weighted by molar-refractivity contribution is 6.01. The van der Waals surface area contributed by atoms with Crippen molar-refractivity contribution in [2.45, 2.75) is 46.0 Å². The van der Waals surface area contributed by atoms with Crippen molar-refractivity contribution < 1.29 is 4.79 Å². The number of hydrogen-bond acceptors (Lipinski definition) is 2. The van der Waals surface area contributed by atoms with Crippen LogP contribution >= 0.6 is 0 Å². The van der Waals surface area contributed by atoms with Gasteiger partial charge >= 0.3 is 0 Å². The van der Waals surface area contributed by atoms with Crippen LogP contribution in [0.4, 0.5) is 5.82 Å². The molecule has 4 nitrogen and oxygen atoms in total. The molecular weight excluding hydrogens is 310 g/mol. The Kier molecular flexibility index (Phi) is 4.62. The predicted octanol–water partition coefficient (Wildman–Crippen LogP) is 4.88. The first-order chi connectivity index (χ1) is 12.1. The monoisotopic (exact) mass is 335 g/mol. The summed E-state index contributed by atoms with van der Waals surface area (Å²) >= 11 is 0. The maximum absolute atomic E-state index is 12.8. The Bertz CT molecular complexity index is 892. The molecule has 0 spiro atoms. The standard InChI is InChI=1S/C19H19N3O.C2H6/c1-12-13(2)21-16-11-20-17(10-15(12)16)22-18(23)19(8-9-19)14-6-4-3-5-7-14;1-2/h3-7,10-11,21H,8-9H2,1-2H3,(H,20,22,23);1-2H3. The molecule has 0 bridgehead atoms. The number of carbonyl (C=O) groups excluding carboxylic acids is 1. The number of benzene rings is 1. The summed E-state index contributed by atoms with van der Waals surface area (Å²) in [6, 6.07) is 12.0. The summed E-state index contributed by atoms with van der Waals surface area (Å²) in [5.41, 5.74) is 4.05. The lowest BCUT2D eigenvalue weighted by Crippen LogP contribution is -2.28. The molecule has 1 aliphatic rings. The van der Waals surface area contributed by atoms with E-state index >= 15 is 0 Å². The molecule has 2 aromatic heterocycles. The number of carbonyl (C=O) groups is 1. The van der Waals surface area contributed by atoms with Crippen LogP contribution in [0.15, 0.2) is 42.6 Å². The molecule has 3 aromatic rings. The van der Waals surface area contributed by atoms with Crippen LogP contribution < -0.4 is 5.32 Å². The number of hydrogen-bond donors (Lipinski definition) is 2. The summed E-state index contributed by atoms with van der Waals surface area (Å²) in [6.45, 7) is 8.12. The third-order valence-electron chi connectivity index (χ3n) is 4.95. The molecule has 130 valence electrons. The van der Waals surface area contributed by atoms with Crippen molar-refractivity contribution in [2.75, 3.05) is 5.32 Å². The molecule has 4 heteroatoms. The number of aryl methyl sites for hydroxylation is 2. The molecular formula is C21H25N3O. The zero-order chi connectivity index (χ0) is 18.0. The average Bonchev–Trinajstić information content (AvgIpc) is 3.42. The number of nitrogens with one attached hydrogen (secondary N) is 2. The zero-order valence-electron chi connectivity index (χ0n) is 15.3. The second kappa shape index (κ2) is 6.71. The smallest absolute Gasteiger partial charge is 0.236 e. The number of fused-ring (bicyclic) bond motifs is 1. The lowest BCUT2D eigenvalue weighted by atomic mass is 9.95. The van der Waals surface area contributed by atoms with Gasteiger partial charge in [0.25, 0.3) is 0 Å². The molecule has 4 rings (SSSR count). The fraction of sp³-hybridized carbons (Fsp3) is 0.333. The molecule has 1 amide bonds. The van der Waals surface area contributed by atoms with Crippen molar-refractivity contribution in [1.82, 2.24) is 9.97 Å². The second-order valence-electron chi connectivity index (χ2n) is 6.39. The third kappa shape index (κ3) is 3.04. The van der Waals surface area contributed by atoms with Gasteiger partial charge < -0.3 is 10.3 Å². The first kappa shape index (κ1) is 17.2. The van der Waals surface area contributed by atoms with Crippen LogP contribution in [0, 0.1) is 13.8 Å². The maximum atomic E-state index is 12.8. The Hall–Kier alpha value is -2.62. The molecule has 1 aliphatic carbocycles. The van der Waals surface area contributed by atoms with Crippen molar-refractivity contribution in [3.8, 4) is 0 Å². The summed E-state index contributed by atoms with van der Waals surface area (Å²) in [4.78, 5) is 20.4. The summed E-state index contributed by atoms with van der Waals surface area (Å²) in [5.74, 6) is 0.660. The third-order valence-corrected chi connectivity index (χ3v) is 4.95. The van der Waals surface area contributed by atoms with E-state index < -0.39 is 0 Å². The van der Waals surface area contributed by atoms with E-state index in [1.165, 1.54) is 5.56 Å². The number of nitrogens with zero attached hydrogens (tertiary/aromatic N) is 1. The number of aromatic nitrogens is 2. The molecule has 25 heavy (non-hydrogen) atoms. The van der Waals surface area contributed by atoms with E-state index in [1.807, 2.05) is 57.2 Å². The van der Waals surface area contributed by atoms with Crippen molar-refractivity contribution >= 4 is 22.6 Å². The number of pyridine rings is 1. The van der Waals surface area contributed by atoms with Gasteiger partial charge in [-0.2, -0.15) is 0 Å². The summed E-state index contributed by atoms with van der Waals surface area (Å²) in [7, 11) is 0. The van der Waals surface area contributed by atoms with E-state index in [0.717, 1.165) is 35.0 Å². The van der Waals surface area contributed by atoms with Gasteiger partial charge in [0.1, 0.15) is 5.82 Å². The average molecular weight is 335 g/mol. The molecule has 0 radical (unpaired) electrons. The Morgan fingerprint density at radius 2 is 1.84 bits per heavy atom. The van der Waals surface area contributed by atoms with Crippen molar-refractivity contribution in [2.24, 2.45) is 0 Å². The molecule has 1 fully saturated rings. The number of rotatable bonds is 3. The summed E-state index contributed by atoms with van der Waals surface area (Å²) in [5, 5.41) is 4.12. The molecule has 0 atom stereocenters. The predicted molar refractivity (Wildman–Crippen MR) is 103 cm³/mol. The minimum atomic E-state index is -0.374. The van der Waals surface area contributed by atoms with E-state index in [-0.39, 0.29) is 11.3 Å². The van der Waals surface area contributed by atoms with Gasteiger partial charge in [-0.3, -0.25) is 4.79 Å². The second-order valence-corrected chi connectivity index (χ2v) is 6.39. The van der Waals surface area contributed by atoms with Gasteiger partial charge in [0.2, 0.25) is 5.91 Å². The van der Waals surface area contributed by atoms with Gasteiger partial charge in [-0.15, -0.1) is 0 Å². The topological polar surface area (TPSA) is 57.8 Å². The van der Waals surface area contributed by atoms with E-state index in [0.29, 0.717) is 5.82 Å². The SMILES string of the molecule is CC.Cc1[nH]c2cnc(NC(=O)C3(c4ccccc4)CC3)cc2c1C. The van der Waals surface area contributed by atoms with Crippen molar-refractivity contribution in [1.29, 1.82) is 0 Å². The Morgan fingerprint density at radius 1 is 1.16 bits per heavy atom. The number of anilines is 1. The molecule has 1 saturated carbocycles. The van der Waals surface area contributed by atoms with E-state index in [1.54, 1.807) is 6.20 Å². The maximum Gasteiger partial charge on any atom is 0.236 e. The van der Waals surface area contributed by atoms with Crippen LogP contribution in [-0.4, -0.2) is 15.9 Å². The van der Waals surface area contributed by atoms with E-state index in [4.69, 9.17) is 0 Å². The van der Waals surface area contributed by atoms with Crippen LogP contribution in [0.3, 0.4) is 0 Å². The van der Waals surface area contributed by atoms with Crippen LogP contribution in [0.5, 0.6) is 0 Å². The van der Waals surface area contributed by atoms with E-state index in [2.05, 4.69) is 22.2 Å². The van der Waals surface area contributed by atoms with E-state index in [9.17, 15) is 4.79 Å². The van der Waals surface area contributed by atoms with Crippen LogP contribution in [0.25, 0.3) is 10.9 Å². The van der Waals surface area contributed by atoms with Gasteiger partial charge in [0.05, 0.1) is 17.1 Å². The highest BCUT2D eigenvalue weighted by atomic mass is 16.2. The highest BCUT2D eigenvalue weighted by Crippen LogP contribution is 2.48. The van der Waals surface area contributed by atoms with Gasteiger partial charge in [-0.1, -0.05) is 44.2 Å². The molecule has 1 aromatic carbocycles. The summed E-state index contributed by atoms with van der Waals surface area (Å²) < 4.78 is 0. The molecule has 2 N–H and O–H groups in total. The quantitative estimate of drug-likeness (QED) is 0.717. The van der Waals surface area contributed by atoms with Gasteiger partial charge in [-0.25, -0.2) is 4.98 Å². The van der Waals surface area contributed by atoms with Crippen molar-refractivity contribution in [3.05, 3.63) is 59.4 Å². The van der Waals surface area contributed by atoms with Crippen LogP contribution in [-0.2, 0) is 10.2 Å². The number of H-pyrrole nitrogens is 1. The molecule has 0 aliphatic heterocycles. The van der Waals surface area contributed by atoms with Gasteiger partial charge in [0, 0.05) is 11.1 Å².